The highest BCUT2D eigenvalue weighted by molar-refractivity contribution is 5.96. The SMILES string of the molecule is CC(=O)c1ccc(NCC(=O)Nc2ccccc2Oc2ccccc2)cc1. The van der Waals surface area contributed by atoms with E-state index in [-0.39, 0.29) is 18.2 Å². The van der Waals surface area contributed by atoms with Crippen LogP contribution in [0.3, 0.4) is 0 Å². The highest BCUT2D eigenvalue weighted by Crippen LogP contribution is 2.29. The average molecular weight is 360 g/mol. The number of Topliss-reactive ketones (excluding diaryl/α,β-unsaturated/α-hetero) is 1. The van der Waals surface area contributed by atoms with Crippen LogP contribution in [0.15, 0.2) is 78.9 Å². The van der Waals surface area contributed by atoms with E-state index in [1.807, 2.05) is 42.5 Å². The van der Waals surface area contributed by atoms with Crippen LogP contribution in [0.5, 0.6) is 11.5 Å². The number of benzene rings is 3. The summed E-state index contributed by atoms with van der Waals surface area (Å²) in [4.78, 5) is 23.6. The maximum Gasteiger partial charge on any atom is 0.243 e. The number of hydrogen-bond acceptors (Lipinski definition) is 4. The summed E-state index contributed by atoms with van der Waals surface area (Å²) in [6.07, 6.45) is 0. The Morgan fingerprint density at radius 1 is 0.852 bits per heavy atom. The molecule has 0 aromatic heterocycles. The molecule has 0 aliphatic rings. The second kappa shape index (κ2) is 8.67. The Kier molecular flexibility index (Phi) is 5.84. The molecule has 0 heterocycles. The molecular weight excluding hydrogens is 340 g/mol. The first kappa shape index (κ1) is 18.2. The van der Waals surface area contributed by atoms with Crippen LogP contribution in [0.2, 0.25) is 0 Å². The number of hydrogen-bond donors (Lipinski definition) is 2. The highest BCUT2D eigenvalue weighted by Gasteiger charge is 2.08. The van der Waals surface area contributed by atoms with Gasteiger partial charge >= 0.3 is 0 Å². The number of rotatable bonds is 7. The number of amides is 1. The molecule has 3 aromatic carbocycles. The van der Waals surface area contributed by atoms with Crippen LogP contribution >= 0.6 is 0 Å². The third-order valence-electron chi connectivity index (χ3n) is 3.88. The fourth-order valence-electron chi connectivity index (χ4n) is 2.47. The van der Waals surface area contributed by atoms with E-state index >= 15 is 0 Å². The topological polar surface area (TPSA) is 67.4 Å². The Morgan fingerprint density at radius 3 is 2.22 bits per heavy atom. The minimum Gasteiger partial charge on any atom is -0.455 e. The van der Waals surface area contributed by atoms with Gasteiger partial charge in [-0.3, -0.25) is 9.59 Å². The smallest absolute Gasteiger partial charge is 0.243 e. The number of para-hydroxylation sites is 3. The number of ketones is 1. The summed E-state index contributed by atoms with van der Waals surface area (Å²) in [7, 11) is 0. The largest absolute Gasteiger partial charge is 0.455 e. The van der Waals surface area contributed by atoms with Crippen molar-refractivity contribution in [2.24, 2.45) is 0 Å². The Hall–Kier alpha value is -3.60. The standard InChI is InChI=1S/C22H20N2O3/c1-16(25)17-11-13-18(14-12-17)23-15-22(26)24-20-9-5-6-10-21(20)27-19-7-3-2-4-8-19/h2-14,23H,15H2,1H3,(H,24,26). The monoisotopic (exact) mass is 360 g/mol. The van der Waals surface area contributed by atoms with Crippen molar-refractivity contribution in [3.8, 4) is 11.5 Å². The second-order valence-corrected chi connectivity index (χ2v) is 5.95. The Balaban J connectivity index is 1.60. The third-order valence-corrected chi connectivity index (χ3v) is 3.88. The highest BCUT2D eigenvalue weighted by atomic mass is 16.5. The fraction of sp³-hybridized carbons (Fsp3) is 0.0909. The molecule has 3 rings (SSSR count). The minimum atomic E-state index is -0.199. The van der Waals surface area contributed by atoms with Crippen molar-refractivity contribution in [3.63, 3.8) is 0 Å². The van der Waals surface area contributed by atoms with Crippen LogP contribution < -0.4 is 15.4 Å². The van der Waals surface area contributed by atoms with Gasteiger partial charge in [-0.2, -0.15) is 0 Å². The third kappa shape index (κ3) is 5.19. The average Bonchev–Trinajstić information content (AvgIpc) is 2.69. The van der Waals surface area contributed by atoms with Gasteiger partial charge in [0.05, 0.1) is 12.2 Å². The van der Waals surface area contributed by atoms with Gasteiger partial charge in [-0.1, -0.05) is 30.3 Å². The number of carbonyl (C=O) groups excluding carboxylic acids is 2. The number of carbonyl (C=O) groups is 2. The summed E-state index contributed by atoms with van der Waals surface area (Å²) >= 11 is 0. The van der Waals surface area contributed by atoms with E-state index in [9.17, 15) is 9.59 Å². The molecule has 0 unspecified atom stereocenters. The lowest BCUT2D eigenvalue weighted by atomic mass is 10.1. The van der Waals surface area contributed by atoms with Gasteiger partial charge < -0.3 is 15.4 Å². The summed E-state index contributed by atoms with van der Waals surface area (Å²) in [5.41, 5.74) is 2.00. The van der Waals surface area contributed by atoms with Crippen molar-refractivity contribution >= 4 is 23.1 Å². The van der Waals surface area contributed by atoms with Crippen LogP contribution in [0.4, 0.5) is 11.4 Å². The molecule has 0 spiro atoms. The maximum atomic E-state index is 12.3. The van der Waals surface area contributed by atoms with Gasteiger partial charge in [0.2, 0.25) is 5.91 Å². The second-order valence-electron chi connectivity index (χ2n) is 5.95. The molecule has 2 N–H and O–H groups in total. The molecule has 136 valence electrons. The molecule has 5 nitrogen and oxygen atoms in total. The van der Waals surface area contributed by atoms with E-state index < -0.39 is 0 Å². The lowest BCUT2D eigenvalue weighted by Gasteiger charge is -2.13. The van der Waals surface area contributed by atoms with Gasteiger partial charge in [0, 0.05) is 11.3 Å². The molecule has 5 heteroatoms. The van der Waals surface area contributed by atoms with Crippen LogP contribution in [0.1, 0.15) is 17.3 Å². The quantitative estimate of drug-likeness (QED) is 0.598. The van der Waals surface area contributed by atoms with E-state index in [1.54, 1.807) is 36.4 Å². The molecule has 0 fully saturated rings. The maximum absolute atomic E-state index is 12.3. The van der Waals surface area contributed by atoms with Crippen molar-refractivity contribution in [1.29, 1.82) is 0 Å². The number of ether oxygens (including phenoxy) is 1. The van der Waals surface area contributed by atoms with Crippen molar-refractivity contribution < 1.29 is 14.3 Å². The molecule has 0 radical (unpaired) electrons. The van der Waals surface area contributed by atoms with Crippen molar-refractivity contribution in [1.82, 2.24) is 0 Å². The summed E-state index contributed by atoms with van der Waals surface area (Å²) in [6, 6.07) is 23.7. The lowest BCUT2D eigenvalue weighted by Crippen LogP contribution is -2.22. The van der Waals surface area contributed by atoms with Crippen molar-refractivity contribution in [2.45, 2.75) is 6.92 Å². The van der Waals surface area contributed by atoms with Crippen molar-refractivity contribution in [3.05, 3.63) is 84.4 Å². The van der Waals surface area contributed by atoms with E-state index in [4.69, 9.17) is 4.74 Å². The minimum absolute atomic E-state index is 0.00863. The van der Waals surface area contributed by atoms with Crippen LogP contribution in [-0.4, -0.2) is 18.2 Å². The molecule has 0 aliphatic heterocycles. The zero-order valence-corrected chi connectivity index (χ0v) is 14.9. The molecule has 3 aromatic rings. The van der Waals surface area contributed by atoms with Gasteiger partial charge in [-0.05, 0) is 55.5 Å². The molecule has 0 atom stereocenters. The van der Waals surface area contributed by atoms with Crippen LogP contribution in [0.25, 0.3) is 0 Å². The van der Waals surface area contributed by atoms with Crippen LogP contribution in [0, 0.1) is 0 Å². The molecule has 27 heavy (non-hydrogen) atoms. The van der Waals surface area contributed by atoms with E-state index in [0.717, 1.165) is 5.69 Å². The van der Waals surface area contributed by atoms with Gasteiger partial charge in [-0.25, -0.2) is 0 Å². The predicted molar refractivity (Wildman–Crippen MR) is 107 cm³/mol. The summed E-state index contributed by atoms with van der Waals surface area (Å²) < 4.78 is 5.84. The van der Waals surface area contributed by atoms with E-state index in [2.05, 4.69) is 10.6 Å². The fourth-order valence-corrected chi connectivity index (χ4v) is 2.47. The first-order valence-corrected chi connectivity index (χ1v) is 8.58. The Morgan fingerprint density at radius 2 is 1.52 bits per heavy atom. The molecule has 0 aliphatic carbocycles. The number of anilines is 2. The zero-order valence-electron chi connectivity index (χ0n) is 14.9. The van der Waals surface area contributed by atoms with Gasteiger partial charge in [0.25, 0.3) is 0 Å². The molecule has 0 bridgehead atoms. The first-order chi connectivity index (χ1) is 13.1. The summed E-state index contributed by atoms with van der Waals surface area (Å²) in [5.74, 6) is 1.08. The van der Waals surface area contributed by atoms with Crippen LogP contribution in [-0.2, 0) is 4.79 Å². The van der Waals surface area contributed by atoms with Gasteiger partial charge in [-0.15, -0.1) is 0 Å². The van der Waals surface area contributed by atoms with E-state index in [0.29, 0.717) is 22.7 Å². The Labute approximate surface area is 158 Å². The Bertz CT molecular complexity index is 922. The molecule has 0 saturated carbocycles. The summed E-state index contributed by atoms with van der Waals surface area (Å²) in [6.45, 7) is 1.62. The predicted octanol–water partition coefficient (Wildman–Crippen LogP) is 4.73. The zero-order chi connectivity index (χ0) is 19.1. The van der Waals surface area contributed by atoms with Gasteiger partial charge in [0.15, 0.2) is 11.5 Å². The lowest BCUT2D eigenvalue weighted by molar-refractivity contribution is -0.114. The molecular formula is C22H20N2O3. The van der Waals surface area contributed by atoms with Gasteiger partial charge in [0.1, 0.15) is 5.75 Å². The summed E-state index contributed by atoms with van der Waals surface area (Å²) in [5, 5.41) is 5.89. The molecule has 0 saturated heterocycles. The van der Waals surface area contributed by atoms with Crippen molar-refractivity contribution in [2.75, 3.05) is 17.2 Å². The first-order valence-electron chi connectivity index (χ1n) is 8.58. The number of nitrogens with one attached hydrogen (secondary N) is 2. The molecule has 1 amide bonds. The van der Waals surface area contributed by atoms with E-state index in [1.165, 1.54) is 6.92 Å². The normalized spacial score (nSPS) is 10.1.